The Labute approximate surface area is 167 Å². The lowest BCUT2D eigenvalue weighted by molar-refractivity contribution is 0.0708. The Balaban J connectivity index is 1.76. The molecule has 1 aliphatic rings. The molecule has 4 heterocycles. The van der Waals surface area contributed by atoms with Gasteiger partial charge in [-0.25, -0.2) is 15.4 Å². The van der Waals surface area contributed by atoms with Crippen molar-refractivity contribution in [3.05, 3.63) is 48.0 Å². The van der Waals surface area contributed by atoms with E-state index in [9.17, 15) is 10.0 Å². The van der Waals surface area contributed by atoms with Crippen molar-refractivity contribution in [3.63, 3.8) is 0 Å². The predicted molar refractivity (Wildman–Crippen MR) is 112 cm³/mol. The van der Waals surface area contributed by atoms with Gasteiger partial charge >= 0.3 is 0 Å². The van der Waals surface area contributed by atoms with E-state index in [1.807, 2.05) is 40.8 Å². The van der Waals surface area contributed by atoms with Crippen LogP contribution in [0.5, 0.6) is 0 Å². The Morgan fingerprint density at radius 3 is 2.76 bits per heavy atom. The Bertz CT molecular complexity index is 1230. The molecule has 2 N–H and O–H groups in total. The minimum atomic E-state index is -0.591. The van der Waals surface area contributed by atoms with Crippen molar-refractivity contribution in [2.24, 2.45) is 0 Å². The number of anilines is 1. The smallest absolute Gasteiger partial charge is 0.278 e. The molecule has 0 bridgehead atoms. The molecular formula is C21H22N6O2. The normalized spacial score (nSPS) is 15.9. The molecule has 8 heteroatoms. The summed E-state index contributed by atoms with van der Waals surface area (Å²) in [6, 6.07) is 13.4. The summed E-state index contributed by atoms with van der Waals surface area (Å²) in [6.45, 7) is 3.97. The van der Waals surface area contributed by atoms with Gasteiger partial charge in [-0.3, -0.25) is 14.4 Å². The lowest BCUT2D eigenvalue weighted by Gasteiger charge is -2.22. The van der Waals surface area contributed by atoms with E-state index in [1.165, 1.54) is 0 Å². The number of nitrogens with zero attached hydrogens (tertiary/aromatic N) is 5. The summed E-state index contributed by atoms with van der Waals surface area (Å²) in [5, 5.41) is 10.0. The van der Waals surface area contributed by atoms with E-state index in [-0.39, 0.29) is 0 Å². The molecule has 29 heavy (non-hydrogen) atoms. The number of hydrogen-bond donors (Lipinski definition) is 2. The molecule has 1 saturated heterocycles. The van der Waals surface area contributed by atoms with Crippen LogP contribution in [0.25, 0.3) is 27.7 Å². The number of hydrogen-bond acceptors (Lipinski definition) is 6. The molecule has 0 aliphatic carbocycles. The summed E-state index contributed by atoms with van der Waals surface area (Å²) in [4.78, 5) is 26.5. The van der Waals surface area contributed by atoms with Gasteiger partial charge in [-0.05, 0) is 50.3 Å². The molecule has 5 rings (SSSR count). The fourth-order valence-corrected chi connectivity index (χ4v) is 4.06. The Kier molecular flexibility index (Phi) is 4.30. The highest BCUT2D eigenvalue weighted by atomic mass is 16.5. The number of amides is 1. The maximum Gasteiger partial charge on any atom is 0.278 e. The second-order valence-electron chi connectivity index (χ2n) is 7.48. The van der Waals surface area contributed by atoms with Gasteiger partial charge in [-0.2, -0.15) is 0 Å². The highest BCUT2D eigenvalue weighted by Crippen LogP contribution is 2.27. The van der Waals surface area contributed by atoms with Gasteiger partial charge in [0.2, 0.25) is 0 Å². The van der Waals surface area contributed by atoms with Crippen molar-refractivity contribution in [2.45, 2.75) is 6.42 Å². The van der Waals surface area contributed by atoms with Crippen molar-refractivity contribution in [1.29, 1.82) is 0 Å². The summed E-state index contributed by atoms with van der Waals surface area (Å²) in [6.07, 6.45) is 1.09. The van der Waals surface area contributed by atoms with E-state index >= 15 is 0 Å². The van der Waals surface area contributed by atoms with Gasteiger partial charge in [0.05, 0.1) is 16.6 Å². The fraction of sp³-hybridized carbons (Fsp3) is 0.286. The monoisotopic (exact) mass is 390 g/mol. The van der Waals surface area contributed by atoms with Gasteiger partial charge in [-0.1, -0.05) is 12.1 Å². The highest BCUT2D eigenvalue weighted by molar-refractivity contribution is 6.05. The first-order valence-electron chi connectivity index (χ1n) is 9.74. The third-order valence-electron chi connectivity index (χ3n) is 5.59. The molecule has 8 nitrogen and oxygen atoms in total. The van der Waals surface area contributed by atoms with Gasteiger partial charge in [0.15, 0.2) is 5.65 Å². The van der Waals surface area contributed by atoms with Crippen LogP contribution in [0.1, 0.15) is 16.8 Å². The zero-order chi connectivity index (χ0) is 20.0. The van der Waals surface area contributed by atoms with Gasteiger partial charge in [0.1, 0.15) is 11.5 Å². The van der Waals surface area contributed by atoms with Crippen molar-refractivity contribution < 1.29 is 10.0 Å². The van der Waals surface area contributed by atoms with Crippen LogP contribution >= 0.6 is 0 Å². The minimum Gasteiger partial charge on any atom is -0.355 e. The number of rotatable bonds is 2. The zero-order valence-corrected chi connectivity index (χ0v) is 16.2. The topological polar surface area (TPSA) is 86.0 Å². The van der Waals surface area contributed by atoms with Gasteiger partial charge in [-0.15, -0.1) is 0 Å². The predicted octanol–water partition coefficient (Wildman–Crippen LogP) is 2.30. The van der Waals surface area contributed by atoms with Crippen LogP contribution in [0.2, 0.25) is 0 Å². The van der Waals surface area contributed by atoms with Crippen LogP contribution in [0.4, 0.5) is 5.82 Å². The average molecular weight is 390 g/mol. The molecule has 148 valence electrons. The Morgan fingerprint density at radius 2 is 1.90 bits per heavy atom. The molecule has 0 atom stereocenters. The second kappa shape index (κ2) is 6.98. The first-order valence-corrected chi connectivity index (χ1v) is 9.74. The van der Waals surface area contributed by atoms with E-state index in [1.54, 1.807) is 11.5 Å². The summed E-state index contributed by atoms with van der Waals surface area (Å²) < 4.78 is 1.91. The maximum absolute atomic E-state index is 12.3. The van der Waals surface area contributed by atoms with Crippen LogP contribution in [0.3, 0.4) is 0 Å². The number of fused-ring (bicyclic) bond motifs is 5. The number of para-hydroxylation sites is 2. The molecule has 4 aromatic rings. The van der Waals surface area contributed by atoms with E-state index in [4.69, 9.17) is 4.98 Å². The largest absolute Gasteiger partial charge is 0.355 e. The summed E-state index contributed by atoms with van der Waals surface area (Å²) in [7, 11) is 2.15. The van der Waals surface area contributed by atoms with Crippen LogP contribution < -0.4 is 10.4 Å². The Hall–Kier alpha value is -3.23. The van der Waals surface area contributed by atoms with Gasteiger partial charge in [0.25, 0.3) is 5.91 Å². The third kappa shape index (κ3) is 2.97. The van der Waals surface area contributed by atoms with Crippen molar-refractivity contribution >= 4 is 39.4 Å². The molecular weight excluding hydrogens is 368 g/mol. The van der Waals surface area contributed by atoms with Crippen LogP contribution in [-0.2, 0) is 0 Å². The molecule has 0 unspecified atom stereocenters. The van der Waals surface area contributed by atoms with Crippen molar-refractivity contribution in [1.82, 2.24) is 24.7 Å². The average Bonchev–Trinajstić information content (AvgIpc) is 3.01. The number of aromatic nitrogens is 3. The van der Waals surface area contributed by atoms with Crippen LogP contribution in [0.15, 0.2) is 42.5 Å². The number of imidazole rings is 1. The quantitative estimate of drug-likeness (QED) is 0.404. The van der Waals surface area contributed by atoms with Crippen LogP contribution in [0, 0.1) is 0 Å². The minimum absolute atomic E-state index is 0.308. The lowest BCUT2D eigenvalue weighted by Crippen LogP contribution is -2.29. The van der Waals surface area contributed by atoms with Crippen LogP contribution in [-0.4, -0.2) is 63.6 Å². The second-order valence-corrected chi connectivity index (χ2v) is 7.48. The molecule has 0 saturated carbocycles. The zero-order valence-electron chi connectivity index (χ0n) is 16.2. The van der Waals surface area contributed by atoms with Gasteiger partial charge in [0, 0.05) is 25.0 Å². The number of hydroxylamine groups is 1. The van der Waals surface area contributed by atoms with E-state index in [0.717, 1.165) is 60.5 Å². The molecule has 1 aliphatic heterocycles. The first kappa shape index (κ1) is 17.8. The standard InChI is InChI=1S/C21H22N6O2/c1-25-9-4-10-26(12-11-25)18-8-7-14-13-15(21(28)24-29)20-22-16-5-2-3-6-17(16)27(20)19(14)23-18/h2-3,5-8,13,29H,4,9-12H2,1H3,(H,24,28). The lowest BCUT2D eigenvalue weighted by atomic mass is 10.2. The number of benzene rings is 1. The first-order chi connectivity index (χ1) is 14.2. The number of nitrogens with one attached hydrogen (secondary N) is 1. The van der Waals surface area contributed by atoms with Crippen molar-refractivity contribution in [2.75, 3.05) is 38.1 Å². The maximum atomic E-state index is 12.3. The molecule has 1 fully saturated rings. The SMILES string of the molecule is CN1CCCN(c2ccc3cc(C(=O)NO)c4nc5ccccc5n4c3n2)CC1. The summed E-state index contributed by atoms with van der Waals surface area (Å²) in [5.74, 6) is 0.332. The molecule has 0 radical (unpaired) electrons. The van der Waals surface area contributed by atoms with Crippen molar-refractivity contribution in [3.8, 4) is 0 Å². The number of carbonyl (C=O) groups excluding carboxylic acids is 1. The third-order valence-corrected chi connectivity index (χ3v) is 5.59. The number of pyridine rings is 2. The fourth-order valence-electron chi connectivity index (χ4n) is 4.06. The number of likely N-dealkylation sites (N-methyl/N-ethyl adjacent to an activating group) is 1. The molecule has 3 aromatic heterocycles. The molecule has 0 spiro atoms. The number of carbonyl (C=O) groups is 1. The van der Waals surface area contributed by atoms with E-state index < -0.39 is 5.91 Å². The highest BCUT2D eigenvalue weighted by Gasteiger charge is 2.20. The molecule has 1 aromatic carbocycles. The van der Waals surface area contributed by atoms with E-state index in [0.29, 0.717) is 11.2 Å². The van der Waals surface area contributed by atoms with Gasteiger partial charge < -0.3 is 9.80 Å². The summed E-state index contributed by atoms with van der Waals surface area (Å²) >= 11 is 0. The molecule has 1 amide bonds. The Morgan fingerprint density at radius 1 is 1.03 bits per heavy atom. The summed E-state index contributed by atoms with van der Waals surface area (Å²) in [5.41, 5.74) is 4.91. The van der Waals surface area contributed by atoms with E-state index in [2.05, 4.69) is 21.8 Å².